The van der Waals surface area contributed by atoms with Crippen LogP contribution in [0.15, 0.2) is 17.2 Å². The van der Waals surface area contributed by atoms with Gasteiger partial charge in [0.25, 0.3) is 0 Å². The lowest BCUT2D eigenvalue weighted by Gasteiger charge is -2.21. The predicted molar refractivity (Wildman–Crippen MR) is 112 cm³/mol. The van der Waals surface area contributed by atoms with Gasteiger partial charge in [-0.15, -0.1) is 11.8 Å². The second-order valence-corrected chi connectivity index (χ2v) is 8.11. The molecule has 0 aliphatic rings. The summed E-state index contributed by atoms with van der Waals surface area (Å²) in [7, 11) is 3.36. The summed E-state index contributed by atoms with van der Waals surface area (Å²) in [5, 5.41) is 5.85. The largest absolute Gasteiger partial charge is 0.391 e. The van der Waals surface area contributed by atoms with E-state index in [-0.39, 0.29) is 38.9 Å². The van der Waals surface area contributed by atoms with Crippen LogP contribution in [0.3, 0.4) is 0 Å². The van der Waals surface area contributed by atoms with Gasteiger partial charge in [-0.3, -0.25) is 0 Å². The van der Waals surface area contributed by atoms with Crippen LogP contribution in [0.2, 0.25) is 0 Å². The molecule has 30 heavy (non-hydrogen) atoms. The molecule has 0 spiro atoms. The zero-order valence-electron chi connectivity index (χ0n) is 17.8. The van der Waals surface area contributed by atoms with E-state index >= 15 is 4.39 Å². The summed E-state index contributed by atoms with van der Waals surface area (Å²) in [5.41, 5.74) is -1.34. The molecule has 0 amide bonds. The van der Waals surface area contributed by atoms with Gasteiger partial charge in [0.15, 0.2) is 11.6 Å². The maximum Gasteiger partial charge on any atom is 0.173 e. The minimum Gasteiger partial charge on any atom is -0.391 e. The average molecular weight is 445 g/mol. The molecule has 1 atom stereocenters. The molecule has 2 N–H and O–H groups in total. The fourth-order valence-electron chi connectivity index (χ4n) is 3.22. The van der Waals surface area contributed by atoms with E-state index in [1.807, 2.05) is 0 Å². The third-order valence-electron chi connectivity index (χ3n) is 5.38. The van der Waals surface area contributed by atoms with Crippen molar-refractivity contribution in [3.05, 3.63) is 63.6 Å². The van der Waals surface area contributed by atoms with Gasteiger partial charge < -0.3 is 10.6 Å². The molecule has 8 heteroatoms. The van der Waals surface area contributed by atoms with Gasteiger partial charge in [0.2, 0.25) is 0 Å². The Morgan fingerprint density at radius 1 is 0.767 bits per heavy atom. The van der Waals surface area contributed by atoms with Crippen LogP contribution in [0, 0.1) is 56.8 Å². The van der Waals surface area contributed by atoms with Crippen molar-refractivity contribution in [2.45, 2.75) is 38.6 Å². The molecule has 164 valence electrons. The van der Waals surface area contributed by atoms with Crippen LogP contribution >= 0.6 is 11.8 Å². The second-order valence-electron chi connectivity index (χ2n) is 7.08. The summed E-state index contributed by atoms with van der Waals surface area (Å²) in [5.74, 6) is -5.45. The molecule has 0 radical (unpaired) electrons. The zero-order valence-corrected chi connectivity index (χ0v) is 18.6. The number of halogens is 5. The van der Waals surface area contributed by atoms with E-state index < -0.39 is 40.2 Å². The SMILES string of the molecule is C=C(NC)C(CSc1c(C)c(F)c(-c2c(C)c(F)c(C)c(C)c2F)c(F)c1F)NC. The van der Waals surface area contributed by atoms with Gasteiger partial charge >= 0.3 is 0 Å². The van der Waals surface area contributed by atoms with Gasteiger partial charge in [-0.2, -0.15) is 0 Å². The molecule has 0 aliphatic heterocycles. The Morgan fingerprint density at radius 3 is 1.83 bits per heavy atom. The minimum absolute atomic E-state index is 0.0433. The first-order valence-electron chi connectivity index (χ1n) is 9.28. The van der Waals surface area contributed by atoms with Crippen LogP contribution in [0.5, 0.6) is 0 Å². The van der Waals surface area contributed by atoms with Gasteiger partial charge in [0, 0.05) is 29.6 Å². The molecule has 2 aromatic rings. The van der Waals surface area contributed by atoms with Crippen LogP contribution in [0.1, 0.15) is 22.3 Å². The van der Waals surface area contributed by atoms with Gasteiger partial charge in [0.05, 0.1) is 16.5 Å². The van der Waals surface area contributed by atoms with Crippen molar-refractivity contribution in [1.82, 2.24) is 10.6 Å². The quantitative estimate of drug-likeness (QED) is 0.326. The molecule has 0 bridgehead atoms. The highest BCUT2D eigenvalue weighted by Gasteiger charge is 2.29. The second kappa shape index (κ2) is 9.39. The van der Waals surface area contributed by atoms with Crippen molar-refractivity contribution in [3.8, 4) is 11.1 Å². The number of rotatable bonds is 7. The van der Waals surface area contributed by atoms with Gasteiger partial charge in [0.1, 0.15) is 17.5 Å². The molecule has 0 aliphatic carbocycles. The molecule has 0 saturated heterocycles. The smallest absolute Gasteiger partial charge is 0.173 e. The first-order valence-corrected chi connectivity index (χ1v) is 10.3. The van der Waals surface area contributed by atoms with Crippen molar-refractivity contribution in [3.63, 3.8) is 0 Å². The molecule has 2 aromatic carbocycles. The Kier molecular flexibility index (Phi) is 7.58. The minimum atomic E-state index is -1.54. The van der Waals surface area contributed by atoms with Crippen molar-refractivity contribution < 1.29 is 22.0 Å². The molecule has 1 unspecified atom stereocenters. The highest BCUT2D eigenvalue weighted by molar-refractivity contribution is 7.99. The number of nitrogens with one attached hydrogen (secondary N) is 2. The fraction of sp³-hybridized carbons (Fsp3) is 0.364. The Balaban J connectivity index is 2.65. The van der Waals surface area contributed by atoms with E-state index in [1.165, 1.54) is 27.7 Å². The number of thioether (sulfide) groups is 1. The van der Waals surface area contributed by atoms with Crippen LogP contribution < -0.4 is 10.6 Å². The van der Waals surface area contributed by atoms with Crippen LogP contribution in [-0.2, 0) is 0 Å². The maximum absolute atomic E-state index is 15.2. The van der Waals surface area contributed by atoms with Crippen LogP contribution in [-0.4, -0.2) is 25.9 Å². The van der Waals surface area contributed by atoms with Crippen molar-refractivity contribution in [1.29, 1.82) is 0 Å². The zero-order chi connectivity index (χ0) is 22.9. The maximum atomic E-state index is 15.2. The monoisotopic (exact) mass is 444 g/mol. The van der Waals surface area contributed by atoms with E-state index in [4.69, 9.17) is 0 Å². The van der Waals surface area contributed by atoms with Gasteiger partial charge in [-0.1, -0.05) is 6.58 Å². The Labute approximate surface area is 177 Å². The highest BCUT2D eigenvalue weighted by Crippen LogP contribution is 2.41. The number of benzene rings is 2. The van der Waals surface area contributed by atoms with Crippen LogP contribution in [0.25, 0.3) is 11.1 Å². The van der Waals surface area contributed by atoms with Crippen molar-refractivity contribution in [2.24, 2.45) is 0 Å². The predicted octanol–water partition coefficient (Wildman–Crippen LogP) is 5.70. The first-order chi connectivity index (χ1) is 14.0. The summed E-state index contributed by atoms with van der Waals surface area (Å²) >= 11 is 0.913. The first kappa shape index (κ1) is 24.2. The average Bonchev–Trinajstić information content (AvgIpc) is 2.73. The molecule has 2 nitrogen and oxygen atoms in total. The third-order valence-corrected chi connectivity index (χ3v) is 6.65. The van der Waals surface area contributed by atoms with Crippen molar-refractivity contribution >= 4 is 11.8 Å². The molecule has 0 saturated carbocycles. The molecule has 0 fully saturated rings. The van der Waals surface area contributed by atoms with E-state index in [1.54, 1.807) is 14.1 Å². The summed E-state index contributed by atoms with van der Waals surface area (Å²) in [6.45, 7) is 9.02. The van der Waals surface area contributed by atoms with E-state index in [0.717, 1.165) is 11.8 Å². The Hall–Kier alpha value is -2.06. The van der Waals surface area contributed by atoms with Crippen molar-refractivity contribution in [2.75, 3.05) is 19.8 Å². The van der Waals surface area contributed by atoms with E-state index in [9.17, 15) is 17.6 Å². The van der Waals surface area contributed by atoms with Gasteiger partial charge in [-0.25, -0.2) is 22.0 Å². The normalized spacial score (nSPS) is 12.2. The molecule has 2 rings (SSSR count). The molecule has 0 aromatic heterocycles. The lowest BCUT2D eigenvalue weighted by Crippen LogP contribution is -2.34. The Morgan fingerprint density at radius 2 is 1.30 bits per heavy atom. The number of hydrogen-bond acceptors (Lipinski definition) is 3. The Bertz CT molecular complexity index is 946. The molecular formula is C22H25F5N2S. The lowest BCUT2D eigenvalue weighted by atomic mass is 9.92. The van der Waals surface area contributed by atoms with Crippen LogP contribution in [0.4, 0.5) is 22.0 Å². The fourth-order valence-corrected chi connectivity index (χ4v) is 4.44. The molecule has 0 heterocycles. The summed E-state index contributed by atoms with van der Waals surface area (Å²) in [6.07, 6.45) is 0. The van der Waals surface area contributed by atoms with E-state index in [0.29, 0.717) is 5.70 Å². The van der Waals surface area contributed by atoms with E-state index in [2.05, 4.69) is 17.2 Å². The number of likely N-dealkylation sites (N-methyl/N-ethyl adjacent to an activating group) is 2. The standard InChI is InChI=1S/C22H25F5N2S/c1-9-10(2)18(24)15(11(3)17(9)23)16-19(25)12(4)22(21(27)20(16)26)30-8-14(29-7)13(5)28-6/h14,28-29H,5,8H2,1-4,6-7H3. The highest BCUT2D eigenvalue weighted by atomic mass is 32.2. The summed E-state index contributed by atoms with van der Waals surface area (Å²) < 4.78 is 74.5. The number of hydrogen-bond donors (Lipinski definition) is 2. The molecular weight excluding hydrogens is 419 g/mol. The topological polar surface area (TPSA) is 24.1 Å². The summed E-state index contributed by atoms with van der Waals surface area (Å²) in [6, 6.07) is -0.280. The lowest BCUT2D eigenvalue weighted by molar-refractivity contribution is 0.475. The third kappa shape index (κ3) is 4.07. The summed E-state index contributed by atoms with van der Waals surface area (Å²) in [4.78, 5) is -0.222. The van der Waals surface area contributed by atoms with Gasteiger partial charge in [-0.05, 0) is 51.4 Å².